The normalized spacial score (nSPS) is 13.1. The molecule has 84 valence electrons. The van der Waals surface area contributed by atoms with Gasteiger partial charge in [0.15, 0.2) is 0 Å². The van der Waals surface area contributed by atoms with Gasteiger partial charge in [-0.15, -0.1) is 0 Å². The van der Waals surface area contributed by atoms with Crippen LogP contribution in [-0.4, -0.2) is 29.9 Å². The van der Waals surface area contributed by atoms with E-state index in [2.05, 4.69) is 25.7 Å². The van der Waals surface area contributed by atoms with Crippen molar-refractivity contribution in [2.45, 2.75) is 52.5 Å². The minimum atomic E-state index is -0.176. The number of nitrogens with two attached hydrogens (primary N) is 1. The number of carbonyl (C=O) groups excluding carboxylic acids is 1. The third-order valence-corrected chi connectivity index (χ3v) is 2.66. The van der Waals surface area contributed by atoms with Crippen LogP contribution in [0.15, 0.2) is 0 Å². The van der Waals surface area contributed by atoms with E-state index >= 15 is 0 Å². The van der Waals surface area contributed by atoms with Crippen LogP contribution in [0.1, 0.15) is 46.5 Å². The van der Waals surface area contributed by atoms with Crippen LogP contribution in [0, 0.1) is 0 Å². The number of unbranched alkanes of at least 4 members (excludes halogenated alkanes) is 2. The Morgan fingerprint density at radius 2 is 1.79 bits per heavy atom. The van der Waals surface area contributed by atoms with Crippen molar-refractivity contribution in [2.75, 3.05) is 13.1 Å². The number of carbonyl (C=O) groups is 1. The van der Waals surface area contributed by atoms with Crippen LogP contribution in [0.5, 0.6) is 0 Å². The third-order valence-electron chi connectivity index (χ3n) is 2.66. The Bertz CT molecular complexity index is 155. The lowest BCUT2D eigenvalue weighted by Crippen LogP contribution is -2.44. The van der Waals surface area contributed by atoms with E-state index in [-0.39, 0.29) is 11.9 Å². The first-order chi connectivity index (χ1) is 6.67. The molecule has 0 spiro atoms. The molecule has 0 aromatic heterocycles. The zero-order valence-corrected chi connectivity index (χ0v) is 9.75. The quantitative estimate of drug-likeness (QED) is 0.607. The summed E-state index contributed by atoms with van der Waals surface area (Å²) in [6.07, 6.45) is 4.38. The summed E-state index contributed by atoms with van der Waals surface area (Å²) in [7, 11) is 0. The molecule has 1 amide bonds. The molecular formula is C11H24N2O. The van der Waals surface area contributed by atoms with E-state index in [0.29, 0.717) is 0 Å². The number of hydrogen-bond acceptors (Lipinski definition) is 2. The Kier molecular flexibility index (Phi) is 7.48. The van der Waals surface area contributed by atoms with Crippen LogP contribution in [0.25, 0.3) is 0 Å². The smallest absolute Gasteiger partial charge is 0.234 e. The second-order valence-corrected chi connectivity index (χ2v) is 3.64. The molecule has 0 aliphatic rings. The number of nitrogens with zero attached hydrogens (tertiary/aromatic N) is 1. The van der Waals surface area contributed by atoms with E-state index < -0.39 is 0 Å². The summed E-state index contributed by atoms with van der Waals surface area (Å²) in [5.41, 5.74) is 5.39. The van der Waals surface area contributed by atoms with Crippen molar-refractivity contribution in [3.8, 4) is 0 Å². The van der Waals surface area contributed by atoms with Gasteiger partial charge in [-0.05, 0) is 19.5 Å². The summed E-state index contributed by atoms with van der Waals surface area (Å²) in [6.45, 7) is 8.10. The molecule has 0 saturated carbocycles. The van der Waals surface area contributed by atoms with Crippen molar-refractivity contribution in [1.29, 1.82) is 0 Å². The van der Waals surface area contributed by atoms with Gasteiger partial charge >= 0.3 is 0 Å². The molecule has 14 heavy (non-hydrogen) atoms. The maximum atomic E-state index is 11.2. The first-order valence-corrected chi connectivity index (χ1v) is 5.70. The van der Waals surface area contributed by atoms with E-state index in [4.69, 9.17) is 5.73 Å². The van der Waals surface area contributed by atoms with Gasteiger partial charge in [0.25, 0.3) is 0 Å². The Labute approximate surface area is 87.6 Å². The van der Waals surface area contributed by atoms with Gasteiger partial charge in [0.1, 0.15) is 0 Å². The van der Waals surface area contributed by atoms with Crippen LogP contribution < -0.4 is 5.73 Å². The second-order valence-electron chi connectivity index (χ2n) is 3.64. The molecule has 0 fully saturated rings. The van der Waals surface area contributed by atoms with Crippen LogP contribution in [0.2, 0.25) is 0 Å². The Morgan fingerprint density at radius 3 is 2.14 bits per heavy atom. The fraction of sp³-hybridized carbons (Fsp3) is 0.909. The number of hydrogen-bond donors (Lipinski definition) is 1. The van der Waals surface area contributed by atoms with Crippen LogP contribution in [-0.2, 0) is 4.79 Å². The molecule has 0 aromatic rings. The van der Waals surface area contributed by atoms with Crippen molar-refractivity contribution in [1.82, 2.24) is 4.90 Å². The predicted molar refractivity (Wildman–Crippen MR) is 60.0 cm³/mol. The number of rotatable bonds is 8. The van der Waals surface area contributed by atoms with E-state index in [0.717, 1.165) is 25.9 Å². The summed E-state index contributed by atoms with van der Waals surface area (Å²) >= 11 is 0. The van der Waals surface area contributed by atoms with Gasteiger partial charge in [-0.3, -0.25) is 9.69 Å². The summed E-state index contributed by atoms with van der Waals surface area (Å²) in [5.74, 6) is -0.176. The predicted octanol–water partition coefficient (Wildman–Crippen LogP) is 1.76. The molecule has 1 atom stereocenters. The lowest BCUT2D eigenvalue weighted by Gasteiger charge is -2.26. The highest BCUT2D eigenvalue weighted by atomic mass is 16.1. The molecule has 3 heteroatoms. The molecule has 3 nitrogen and oxygen atoms in total. The van der Waals surface area contributed by atoms with Crippen molar-refractivity contribution in [3.05, 3.63) is 0 Å². The monoisotopic (exact) mass is 200 g/mol. The van der Waals surface area contributed by atoms with Gasteiger partial charge < -0.3 is 5.73 Å². The number of primary amides is 1. The van der Waals surface area contributed by atoms with Crippen molar-refractivity contribution < 1.29 is 4.79 Å². The molecule has 0 aliphatic carbocycles. The average Bonchev–Trinajstić information content (AvgIpc) is 2.17. The molecule has 0 aliphatic heterocycles. The molecule has 0 heterocycles. The van der Waals surface area contributed by atoms with Gasteiger partial charge in [0.2, 0.25) is 5.91 Å². The zero-order chi connectivity index (χ0) is 11.0. The first-order valence-electron chi connectivity index (χ1n) is 5.70. The SMILES string of the molecule is CCCCCC(C(N)=O)N(CC)CC. The lowest BCUT2D eigenvalue weighted by molar-refractivity contribution is -0.123. The van der Waals surface area contributed by atoms with Gasteiger partial charge in [-0.1, -0.05) is 40.0 Å². The molecule has 0 saturated heterocycles. The molecule has 0 rings (SSSR count). The van der Waals surface area contributed by atoms with E-state index in [1.165, 1.54) is 12.8 Å². The molecular weight excluding hydrogens is 176 g/mol. The van der Waals surface area contributed by atoms with Gasteiger partial charge in [0.05, 0.1) is 6.04 Å². The van der Waals surface area contributed by atoms with Gasteiger partial charge in [0, 0.05) is 0 Å². The van der Waals surface area contributed by atoms with Crippen molar-refractivity contribution in [2.24, 2.45) is 5.73 Å². The van der Waals surface area contributed by atoms with Crippen LogP contribution in [0.4, 0.5) is 0 Å². The fourth-order valence-electron chi connectivity index (χ4n) is 1.76. The molecule has 0 bridgehead atoms. The van der Waals surface area contributed by atoms with Crippen LogP contribution >= 0.6 is 0 Å². The second kappa shape index (κ2) is 7.80. The molecule has 2 N–H and O–H groups in total. The number of likely N-dealkylation sites (N-methyl/N-ethyl adjacent to an activating group) is 1. The standard InChI is InChI=1S/C11H24N2O/c1-4-7-8-9-10(11(12)14)13(5-2)6-3/h10H,4-9H2,1-3H3,(H2,12,14). The fourth-order valence-corrected chi connectivity index (χ4v) is 1.76. The van der Waals surface area contributed by atoms with Crippen molar-refractivity contribution >= 4 is 5.91 Å². The van der Waals surface area contributed by atoms with Crippen LogP contribution in [0.3, 0.4) is 0 Å². The molecule has 1 unspecified atom stereocenters. The van der Waals surface area contributed by atoms with Gasteiger partial charge in [-0.2, -0.15) is 0 Å². The van der Waals surface area contributed by atoms with E-state index in [9.17, 15) is 4.79 Å². The van der Waals surface area contributed by atoms with E-state index in [1.54, 1.807) is 0 Å². The largest absolute Gasteiger partial charge is 0.368 e. The Morgan fingerprint density at radius 1 is 1.21 bits per heavy atom. The minimum Gasteiger partial charge on any atom is -0.368 e. The highest BCUT2D eigenvalue weighted by molar-refractivity contribution is 5.79. The third kappa shape index (κ3) is 4.61. The maximum Gasteiger partial charge on any atom is 0.234 e. The Hall–Kier alpha value is -0.570. The highest BCUT2D eigenvalue weighted by Gasteiger charge is 2.20. The Balaban J connectivity index is 4.06. The highest BCUT2D eigenvalue weighted by Crippen LogP contribution is 2.09. The van der Waals surface area contributed by atoms with Crippen molar-refractivity contribution in [3.63, 3.8) is 0 Å². The lowest BCUT2D eigenvalue weighted by atomic mass is 10.1. The summed E-state index contributed by atoms with van der Waals surface area (Å²) in [4.78, 5) is 13.4. The molecule has 0 radical (unpaired) electrons. The topological polar surface area (TPSA) is 46.3 Å². The summed E-state index contributed by atoms with van der Waals surface area (Å²) in [6, 6.07) is -0.0588. The average molecular weight is 200 g/mol. The minimum absolute atomic E-state index is 0.0588. The summed E-state index contributed by atoms with van der Waals surface area (Å²) in [5, 5.41) is 0. The first kappa shape index (κ1) is 13.4. The van der Waals surface area contributed by atoms with E-state index in [1.807, 2.05) is 0 Å². The number of amides is 1. The molecule has 0 aromatic carbocycles. The zero-order valence-electron chi connectivity index (χ0n) is 9.75. The maximum absolute atomic E-state index is 11.2. The summed E-state index contributed by atoms with van der Waals surface area (Å²) < 4.78 is 0. The van der Waals surface area contributed by atoms with Gasteiger partial charge in [-0.25, -0.2) is 0 Å².